The highest BCUT2D eigenvalue weighted by Gasteiger charge is 2.34. The van der Waals surface area contributed by atoms with Crippen molar-refractivity contribution < 1.29 is 14.0 Å². The molecule has 7 nitrogen and oxygen atoms in total. The number of nitrogens with two attached hydrogens (primary N) is 1. The summed E-state index contributed by atoms with van der Waals surface area (Å²) in [4.78, 5) is 34.5. The van der Waals surface area contributed by atoms with Gasteiger partial charge >= 0.3 is 0 Å². The van der Waals surface area contributed by atoms with Crippen LogP contribution >= 0.6 is 0 Å². The molecule has 2 atom stereocenters. The summed E-state index contributed by atoms with van der Waals surface area (Å²) < 4.78 is 14.1. The maximum Gasteiger partial charge on any atom is 0.251 e. The van der Waals surface area contributed by atoms with Gasteiger partial charge in [0.05, 0.1) is 5.56 Å². The lowest BCUT2D eigenvalue weighted by molar-refractivity contribution is -0.121. The first kappa shape index (κ1) is 22.8. The van der Waals surface area contributed by atoms with E-state index in [9.17, 15) is 14.0 Å². The highest BCUT2D eigenvalue weighted by atomic mass is 19.1. The molecule has 3 rings (SSSR count). The molecule has 1 fully saturated rings. The van der Waals surface area contributed by atoms with Crippen molar-refractivity contribution in [1.29, 1.82) is 0 Å². The Labute approximate surface area is 182 Å². The lowest BCUT2D eigenvalue weighted by Gasteiger charge is -2.25. The molecule has 8 heteroatoms. The molecular formula is C23H30FN5O2. The highest BCUT2D eigenvalue weighted by molar-refractivity contribution is 5.93. The Bertz CT molecular complexity index is 928. The highest BCUT2D eigenvalue weighted by Crippen LogP contribution is 2.44. The molecule has 1 aromatic heterocycles. The van der Waals surface area contributed by atoms with Gasteiger partial charge in [0, 0.05) is 31.4 Å². The molecule has 3 N–H and O–H groups in total. The van der Waals surface area contributed by atoms with Crippen LogP contribution in [0.2, 0.25) is 0 Å². The van der Waals surface area contributed by atoms with E-state index in [1.807, 2.05) is 38.3 Å². The molecule has 1 aliphatic rings. The van der Waals surface area contributed by atoms with Crippen molar-refractivity contribution in [1.82, 2.24) is 20.2 Å². The normalized spacial score (nSPS) is 15.5. The molecule has 0 bridgehead atoms. The zero-order chi connectivity index (χ0) is 22.5. The number of carbonyl (C=O) groups excluding carboxylic acids is 2. The molecular weight excluding hydrogens is 397 g/mol. The third kappa shape index (κ3) is 6.30. The first-order valence-corrected chi connectivity index (χ1v) is 10.5. The van der Waals surface area contributed by atoms with Gasteiger partial charge in [0.1, 0.15) is 11.6 Å². The van der Waals surface area contributed by atoms with Crippen LogP contribution in [0.3, 0.4) is 0 Å². The minimum atomic E-state index is -0.787. The van der Waals surface area contributed by atoms with Gasteiger partial charge in [0.2, 0.25) is 5.91 Å². The first-order valence-electron chi connectivity index (χ1n) is 10.5. The maximum atomic E-state index is 14.1. The second-order valence-electron chi connectivity index (χ2n) is 8.52. The number of carbonyl (C=O) groups is 2. The summed E-state index contributed by atoms with van der Waals surface area (Å²) >= 11 is 0. The monoisotopic (exact) mass is 427 g/mol. The Balaban J connectivity index is 1.59. The number of rotatable bonds is 10. The standard InChI is InChI=1S/C23H30FN5O2/c1-14-26-11-17(12-27-14)20(16-5-6-16)10-22(30)28-13-18(29(2)3)8-15-4-7-19(23(25)31)21(24)9-15/h4,7,9,11-12,16,18,20H,5-6,8,10,13H2,1-3H3,(H2,25,31)(H,28,30)/t18-,20?/m0/s1. The zero-order valence-corrected chi connectivity index (χ0v) is 18.3. The Kier molecular flexibility index (Phi) is 7.33. The minimum Gasteiger partial charge on any atom is -0.366 e. The van der Waals surface area contributed by atoms with Crippen molar-refractivity contribution in [3.8, 4) is 0 Å². The van der Waals surface area contributed by atoms with Gasteiger partial charge in [-0.05, 0) is 75.4 Å². The number of hydrogen-bond acceptors (Lipinski definition) is 5. The number of aryl methyl sites for hydroxylation is 1. The van der Waals surface area contributed by atoms with E-state index < -0.39 is 11.7 Å². The largest absolute Gasteiger partial charge is 0.366 e. The Morgan fingerprint density at radius 3 is 2.48 bits per heavy atom. The molecule has 0 aliphatic heterocycles. The van der Waals surface area contributed by atoms with Crippen molar-refractivity contribution in [2.45, 2.75) is 44.6 Å². The van der Waals surface area contributed by atoms with Crippen molar-refractivity contribution in [3.05, 3.63) is 58.9 Å². The summed E-state index contributed by atoms with van der Waals surface area (Å²) in [6.45, 7) is 2.28. The fourth-order valence-electron chi connectivity index (χ4n) is 3.75. The molecule has 1 heterocycles. The number of amides is 2. The summed E-state index contributed by atoms with van der Waals surface area (Å²) in [5, 5.41) is 3.03. The number of primary amides is 1. The van der Waals surface area contributed by atoms with Crippen LogP contribution in [0.5, 0.6) is 0 Å². The van der Waals surface area contributed by atoms with E-state index in [2.05, 4.69) is 15.3 Å². The lowest BCUT2D eigenvalue weighted by atomic mass is 9.92. The minimum absolute atomic E-state index is 0.0143. The van der Waals surface area contributed by atoms with E-state index in [0.29, 0.717) is 25.3 Å². The number of likely N-dealkylation sites (N-methyl/N-ethyl adjacent to an activating group) is 1. The van der Waals surface area contributed by atoms with Gasteiger partial charge in [-0.15, -0.1) is 0 Å². The molecule has 1 saturated carbocycles. The van der Waals surface area contributed by atoms with E-state index in [1.165, 1.54) is 12.1 Å². The number of nitrogens with one attached hydrogen (secondary N) is 1. The van der Waals surface area contributed by atoms with Gasteiger partial charge in [0.15, 0.2) is 0 Å². The SMILES string of the molecule is Cc1ncc(C(CC(=O)NC[C@H](Cc2ccc(C(N)=O)c(F)c2)N(C)C)C2CC2)cn1. The molecule has 1 aromatic carbocycles. The lowest BCUT2D eigenvalue weighted by Crippen LogP contribution is -2.42. The smallest absolute Gasteiger partial charge is 0.251 e. The van der Waals surface area contributed by atoms with Gasteiger partial charge in [-0.1, -0.05) is 6.07 Å². The summed E-state index contributed by atoms with van der Waals surface area (Å²) in [6, 6.07) is 4.41. The van der Waals surface area contributed by atoms with Crippen molar-refractivity contribution in [2.75, 3.05) is 20.6 Å². The number of halogens is 1. The number of benzene rings is 1. The first-order chi connectivity index (χ1) is 14.7. The molecule has 0 radical (unpaired) electrons. The van der Waals surface area contributed by atoms with Crippen molar-refractivity contribution in [3.63, 3.8) is 0 Å². The van der Waals surface area contributed by atoms with Crippen LogP contribution in [-0.2, 0) is 11.2 Å². The van der Waals surface area contributed by atoms with Gasteiger partial charge in [-0.2, -0.15) is 0 Å². The predicted octanol–water partition coefficient (Wildman–Crippen LogP) is 2.20. The number of nitrogens with zero attached hydrogens (tertiary/aromatic N) is 3. The van der Waals surface area contributed by atoms with Crippen LogP contribution < -0.4 is 11.1 Å². The molecule has 166 valence electrons. The van der Waals surface area contributed by atoms with Crippen LogP contribution in [-0.4, -0.2) is 53.4 Å². The van der Waals surface area contributed by atoms with Crippen LogP contribution in [0.1, 0.15) is 52.5 Å². The second kappa shape index (κ2) is 9.96. The maximum absolute atomic E-state index is 14.1. The van der Waals surface area contributed by atoms with Gasteiger partial charge in [-0.25, -0.2) is 14.4 Å². The third-order valence-electron chi connectivity index (χ3n) is 5.86. The van der Waals surface area contributed by atoms with Gasteiger partial charge in [-0.3, -0.25) is 9.59 Å². The second-order valence-corrected chi connectivity index (χ2v) is 8.52. The fourth-order valence-corrected chi connectivity index (χ4v) is 3.75. The van der Waals surface area contributed by atoms with E-state index in [-0.39, 0.29) is 23.4 Å². The topological polar surface area (TPSA) is 101 Å². The van der Waals surface area contributed by atoms with E-state index in [4.69, 9.17) is 5.73 Å². The van der Waals surface area contributed by atoms with E-state index in [1.54, 1.807) is 6.07 Å². The van der Waals surface area contributed by atoms with E-state index >= 15 is 0 Å². The average Bonchev–Trinajstić information content (AvgIpc) is 3.55. The molecule has 0 spiro atoms. The number of hydrogen-bond donors (Lipinski definition) is 2. The molecule has 2 aromatic rings. The zero-order valence-electron chi connectivity index (χ0n) is 18.3. The molecule has 1 aliphatic carbocycles. The van der Waals surface area contributed by atoms with Crippen molar-refractivity contribution in [2.24, 2.45) is 11.7 Å². The third-order valence-corrected chi connectivity index (χ3v) is 5.86. The summed E-state index contributed by atoms with van der Waals surface area (Å²) in [5.41, 5.74) is 6.80. The quantitative estimate of drug-likeness (QED) is 0.605. The molecule has 31 heavy (non-hydrogen) atoms. The van der Waals surface area contributed by atoms with Gasteiger partial charge in [0.25, 0.3) is 5.91 Å². The molecule has 2 amide bonds. The predicted molar refractivity (Wildman–Crippen MR) is 116 cm³/mol. The fraction of sp³-hybridized carbons (Fsp3) is 0.478. The average molecular weight is 428 g/mol. The summed E-state index contributed by atoms with van der Waals surface area (Å²) in [6.07, 6.45) is 6.83. The summed E-state index contributed by atoms with van der Waals surface area (Å²) in [5.74, 6) is -0.0671. The van der Waals surface area contributed by atoms with Gasteiger partial charge < -0.3 is 16.0 Å². The molecule has 0 saturated heterocycles. The summed E-state index contributed by atoms with van der Waals surface area (Å²) in [7, 11) is 3.84. The molecule has 1 unspecified atom stereocenters. The van der Waals surface area contributed by atoms with Crippen molar-refractivity contribution >= 4 is 11.8 Å². The van der Waals surface area contributed by atoms with Crippen LogP contribution in [0.25, 0.3) is 0 Å². The van der Waals surface area contributed by atoms with Crippen LogP contribution in [0, 0.1) is 18.7 Å². The van der Waals surface area contributed by atoms with Crippen LogP contribution in [0.15, 0.2) is 30.6 Å². The van der Waals surface area contributed by atoms with Crippen LogP contribution in [0.4, 0.5) is 4.39 Å². The number of aromatic nitrogens is 2. The Hall–Kier alpha value is -2.87. The Morgan fingerprint density at radius 2 is 1.94 bits per heavy atom. The Morgan fingerprint density at radius 1 is 1.26 bits per heavy atom. The van der Waals surface area contributed by atoms with E-state index in [0.717, 1.165) is 29.8 Å².